The summed E-state index contributed by atoms with van der Waals surface area (Å²) in [6.07, 6.45) is 13.7. The van der Waals surface area contributed by atoms with Crippen molar-refractivity contribution < 1.29 is 59.4 Å². The van der Waals surface area contributed by atoms with Gasteiger partial charge in [0.05, 0.1) is 47.8 Å². The maximum atomic E-state index is 9.41. The summed E-state index contributed by atoms with van der Waals surface area (Å²) in [7, 11) is 0. The topological polar surface area (TPSA) is 262 Å². The first-order chi connectivity index (χ1) is 19.8. The molecular weight excluding hydrogens is 558 g/mol. The van der Waals surface area contributed by atoms with Gasteiger partial charge < -0.3 is 64.0 Å². The largest absolute Gasteiger partial charge is 0.545 e. The fourth-order valence-electron chi connectivity index (χ4n) is 3.99. The first-order valence-electron chi connectivity index (χ1n) is 12.8. The molecule has 15 nitrogen and oxygen atoms in total. The number of aryl methyl sites for hydroxylation is 1. The SMILES string of the molecule is CCn1cnc2c1CCC(N1CCCCCC1)C2.O=C([O-])/C=C/C(=O)[O-].O=C([O-])/C=C/C(=O)[O-].O=C([O-])/C=C/C(=O)[O-]. The Bertz CT molecular complexity index is 1020. The van der Waals surface area contributed by atoms with E-state index in [-0.39, 0.29) is 0 Å². The van der Waals surface area contributed by atoms with Crippen LogP contribution in [0.25, 0.3) is 0 Å². The van der Waals surface area contributed by atoms with Gasteiger partial charge in [0.1, 0.15) is 0 Å². The Morgan fingerprint density at radius 1 is 0.714 bits per heavy atom. The molecule has 0 saturated carbocycles. The minimum Gasteiger partial charge on any atom is -0.545 e. The Morgan fingerprint density at radius 2 is 1.10 bits per heavy atom. The normalized spacial score (nSPS) is 16.5. The molecule has 0 aromatic carbocycles. The average Bonchev–Trinajstić information content (AvgIpc) is 3.13. The molecule has 1 atom stereocenters. The number of nitrogens with zero attached hydrogens (tertiary/aromatic N) is 3. The standard InChI is InChI=1S/C15H25N3.3C4H4O4/c1-2-17-12-16-14-11-13(7-8-15(14)17)18-9-5-3-4-6-10-18;3*5-3(6)1-2-4(7)8/h12-13H,2-11H2,1H3;3*1-2H,(H,5,6)(H,7,8)/p-6/b;3*2-1+. The maximum Gasteiger partial charge on any atom is 0.0951 e. The van der Waals surface area contributed by atoms with Crippen LogP contribution in [-0.4, -0.2) is 69.4 Å². The molecule has 2 heterocycles. The quantitative estimate of drug-likeness (QED) is 0.255. The van der Waals surface area contributed by atoms with Crippen LogP contribution in [-0.2, 0) is 48.2 Å². The smallest absolute Gasteiger partial charge is 0.0951 e. The first-order valence-corrected chi connectivity index (χ1v) is 12.8. The monoisotopic (exact) mass is 589 g/mol. The third kappa shape index (κ3) is 18.5. The number of hydrogen-bond donors (Lipinski definition) is 0. The zero-order valence-corrected chi connectivity index (χ0v) is 22.9. The Labute approximate surface area is 241 Å². The van der Waals surface area contributed by atoms with Gasteiger partial charge in [0.2, 0.25) is 0 Å². The van der Waals surface area contributed by atoms with Crippen molar-refractivity contribution in [2.75, 3.05) is 13.1 Å². The minimum atomic E-state index is -1.55. The summed E-state index contributed by atoms with van der Waals surface area (Å²) in [4.78, 5) is 63.9. The van der Waals surface area contributed by atoms with E-state index in [0.29, 0.717) is 36.5 Å². The van der Waals surface area contributed by atoms with Gasteiger partial charge >= 0.3 is 0 Å². The van der Waals surface area contributed by atoms with Crippen LogP contribution in [0, 0.1) is 0 Å². The lowest BCUT2D eigenvalue weighted by molar-refractivity contribution is -0.301. The number of rotatable bonds is 8. The fourth-order valence-corrected chi connectivity index (χ4v) is 3.99. The van der Waals surface area contributed by atoms with Gasteiger partial charge in [0.15, 0.2) is 0 Å². The molecule has 1 aromatic rings. The zero-order valence-electron chi connectivity index (χ0n) is 22.9. The summed E-state index contributed by atoms with van der Waals surface area (Å²) in [6, 6.07) is 0.760. The minimum absolute atomic E-state index is 0.384. The molecule has 1 aromatic heterocycles. The number of likely N-dealkylation sites (tertiary alicyclic amines) is 1. The number of aliphatic carboxylic acids is 6. The molecule has 2 aliphatic rings. The van der Waals surface area contributed by atoms with Gasteiger partial charge in [-0.3, -0.25) is 4.90 Å². The molecule has 0 spiro atoms. The van der Waals surface area contributed by atoms with E-state index in [2.05, 4.69) is 21.4 Å². The van der Waals surface area contributed by atoms with Gasteiger partial charge in [-0.2, -0.15) is 0 Å². The highest BCUT2D eigenvalue weighted by Gasteiger charge is 2.27. The highest BCUT2D eigenvalue weighted by Crippen LogP contribution is 2.25. The van der Waals surface area contributed by atoms with Crippen LogP contribution < -0.4 is 30.6 Å². The Balaban J connectivity index is 0.000000595. The van der Waals surface area contributed by atoms with Crippen molar-refractivity contribution >= 4 is 35.8 Å². The highest BCUT2D eigenvalue weighted by molar-refractivity contribution is 5.88. The first kappa shape index (κ1) is 37.2. The van der Waals surface area contributed by atoms with Crippen molar-refractivity contribution in [3.63, 3.8) is 0 Å². The Kier molecular flexibility index (Phi) is 18.6. The van der Waals surface area contributed by atoms with Crippen molar-refractivity contribution in [1.82, 2.24) is 14.5 Å². The van der Waals surface area contributed by atoms with E-state index < -0.39 is 35.8 Å². The fraction of sp³-hybridized carbons (Fsp3) is 0.444. The summed E-state index contributed by atoms with van der Waals surface area (Å²) in [5.74, 6) is -9.28. The summed E-state index contributed by atoms with van der Waals surface area (Å²) < 4.78 is 2.33. The van der Waals surface area contributed by atoms with Crippen LogP contribution in [0.3, 0.4) is 0 Å². The molecule has 0 N–H and O–H groups in total. The molecule has 42 heavy (non-hydrogen) atoms. The number of carbonyl (C=O) groups is 6. The van der Waals surface area contributed by atoms with Gasteiger partial charge in [0.25, 0.3) is 0 Å². The summed E-state index contributed by atoms with van der Waals surface area (Å²) in [6.45, 7) is 5.91. The molecular formula is C27H31N3O12-6. The summed E-state index contributed by atoms with van der Waals surface area (Å²) >= 11 is 0. The van der Waals surface area contributed by atoms with Gasteiger partial charge in [-0.05, 0) is 82.2 Å². The molecule has 1 fully saturated rings. The number of carboxylic acids is 6. The lowest BCUT2D eigenvalue weighted by Gasteiger charge is -2.33. The highest BCUT2D eigenvalue weighted by atomic mass is 16.4. The van der Waals surface area contributed by atoms with E-state index in [1.807, 2.05) is 6.33 Å². The molecule has 15 heteroatoms. The Hall–Kier alpha value is -4.79. The maximum absolute atomic E-state index is 9.41. The van der Waals surface area contributed by atoms with E-state index in [1.54, 1.807) is 0 Å². The molecule has 1 unspecified atom stereocenters. The predicted molar refractivity (Wildman–Crippen MR) is 131 cm³/mol. The van der Waals surface area contributed by atoms with Crippen molar-refractivity contribution in [1.29, 1.82) is 0 Å². The lowest BCUT2D eigenvalue weighted by atomic mass is 9.94. The molecule has 0 bridgehead atoms. The number of fused-ring (bicyclic) bond motifs is 1. The van der Waals surface area contributed by atoms with Gasteiger partial charge in [-0.15, -0.1) is 0 Å². The number of carboxylic acid groups (broad SMARTS) is 6. The molecule has 1 aliphatic carbocycles. The predicted octanol–water partition coefficient (Wildman–Crippen LogP) is -6.24. The van der Waals surface area contributed by atoms with Crippen LogP contribution in [0.4, 0.5) is 0 Å². The number of imidazole rings is 1. The molecule has 232 valence electrons. The van der Waals surface area contributed by atoms with Crippen molar-refractivity contribution in [2.45, 2.75) is 64.5 Å². The number of hydrogen-bond acceptors (Lipinski definition) is 14. The van der Waals surface area contributed by atoms with Crippen LogP contribution in [0.1, 0.15) is 50.4 Å². The van der Waals surface area contributed by atoms with Gasteiger partial charge in [-0.1, -0.05) is 12.8 Å². The van der Waals surface area contributed by atoms with Crippen molar-refractivity contribution in [2.24, 2.45) is 0 Å². The van der Waals surface area contributed by atoms with E-state index in [9.17, 15) is 59.4 Å². The lowest BCUT2D eigenvalue weighted by Crippen LogP contribution is -2.40. The van der Waals surface area contributed by atoms with Crippen LogP contribution in [0.15, 0.2) is 42.8 Å². The number of carbonyl (C=O) groups excluding carboxylic acids is 6. The van der Waals surface area contributed by atoms with Gasteiger partial charge in [-0.25, -0.2) is 4.98 Å². The van der Waals surface area contributed by atoms with Crippen molar-refractivity contribution in [3.8, 4) is 0 Å². The van der Waals surface area contributed by atoms with Crippen LogP contribution in [0.2, 0.25) is 0 Å². The van der Waals surface area contributed by atoms with E-state index in [0.717, 1.165) is 12.6 Å². The third-order valence-electron chi connectivity index (χ3n) is 5.74. The molecule has 0 amide bonds. The second kappa shape index (κ2) is 21.0. The molecule has 0 radical (unpaired) electrons. The molecule has 1 saturated heterocycles. The second-order valence-corrected chi connectivity index (χ2v) is 8.68. The molecule has 3 rings (SSSR count). The average molecular weight is 590 g/mol. The van der Waals surface area contributed by atoms with E-state index in [1.165, 1.54) is 69.4 Å². The number of aromatic nitrogens is 2. The van der Waals surface area contributed by atoms with Crippen LogP contribution in [0.5, 0.6) is 0 Å². The Morgan fingerprint density at radius 3 is 1.43 bits per heavy atom. The van der Waals surface area contributed by atoms with Crippen LogP contribution >= 0.6 is 0 Å². The van der Waals surface area contributed by atoms with E-state index >= 15 is 0 Å². The third-order valence-corrected chi connectivity index (χ3v) is 5.74. The second-order valence-electron chi connectivity index (χ2n) is 8.68. The van der Waals surface area contributed by atoms with E-state index in [4.69, 9.17) is 0 Å². The molecule has 1 aliphatic heterocycles. The summed E-state index contributed by atoms with van der Waals surface area (Å²) in [5.41, 5.74) is 2.88. The van der Waals surface area contributed by atoms with Crippen molar-refractivity contribution in [3.05, 3.63) is 54.2 Å². The van der Waals surface area contributed by atoms with Gasteiger partial charge in [0, 0.05) is 24.7 Å². The summed E-state index contributed by atoms with van der Waals surface area (Å²) in [5, 5.41) is 56.5. The zero-order chi connectivity index (χ0) is 32.1.